The molecule has 2 aromatic rings. The number of halogens is 3. The molecule has 0 saturated heterocycles. The van der Waals surface area contributed by atoms with Crippen LogP contribution in [0.25, 0.3) is 0 Å². The highest BCUT2D eigenvalue weighted by molar-refractivity contribution is 5.92. The maximum Gasteiger partial charge on any atom is 0.505 e. The van der Waals surface area contributed by atoms with Crippen molar-refractivity contribution in [2.45, 2.75) is 26.2 Å². The second-order valence-electron chi connectivity index (χ2n) is 5.05. The van der Waals surface area contributed by atoms with E-state index in [1.165, 1.54) is 0 Å². The molecule has 0 bridgehead atoms. The van der Waals surface area contributed by atoms with Gasteiger partial charge >= 0.3 is 6.30 Å². The molecule has 1 heterocycles. The number of rotatable bonds is 5. The summed E-state index contributed by atoms with van der Waals surface area (Å²) >= 11 is 0. The van der Waals surface area contributed by atoms with Gasteiger partial charge in [0.05, 0.1) is 12.2 Å². The number of nitrogens with one attached hydrogen (secondary N) is 1. The molecular weight excluding hydrogens is 311 g/mol. The zero-order valence-corrected chi connectivity index (χ0v) is 12.6. The summed E-state index contributed by atoms with van der Waals surface area (Å²) in [6.45, 7) is 3.65. The van der Waals surface area contributed by atoms with Gasteiger partial charge in [0.15, 0.2) is 0 Å². The zero-order chi connectivity index (χ0) is 17.0. The van der Waals surface area contributed by atoms with E-state index in [2.05, 4.69) is 10.4 Å². The van der Waals surface area contributed by atoms with Crippen molar-refractivity contribution in [3.63, 3.8) is 0 Å². The second kappa shape index (κ2) is 6.72. The first-order valence-electron chi connectivity index (χ1n) is 6.89. The Bertz CT molecular complexity index is 683. The number of aromatic nitrogens is 2. The molecule has 0 saturated carbocycles. The molecule has 1 aromatic heterocycles. The first-order valence-corrected chi connectivity index (χ1v) is 6.89. The van der Waals surface area contributed by atoms with Crippen molar-refractivity contribution in [2.75, 3.05) is 6.61 Å². The fourth-order valence-corrected chi connectivity index (χ4v) is 1.95. The van der Waals surface area contributed by atoms with E-state index < -0.39 is 23.9 Å². The molecule has 0 aliphatic heterocycles. The average Bonchev–Trinajstić information content (AvgIpc) is 2.96. The summed E-state index contributed by atoms with van der Waals surface area (Å²) in [7, 11) is 0. The van der Waals surface area contributed by atoms with Crippen molar-refractivity contribution in [3.05, 3.63) is 47.8 Å². The molecule has 8 heteroatoms. The van der Waals surface area contributed by atoms with Crippen LogP contribution in [0.3, 0.4) is 0 Å². The molecule has 0 spiro atoms. The standard InChI is InChI=1S/C15H16F3N3O2/c1-10-5-3-4-6-13(10)23-9-11(2)20-14(22)12-7-8-19-21(12)15(16,17)18/h3-8,11H,9H2,1-2H3,(H,20,22). The number of para-hydroxylation sites is 1. The van der Waals surface area contributed by atoms with E-state index in [0.29, 0.717) is 5.75 Å². The van der Waals surface area contributed by atoms with Gasteiger partial charge in [-0.25, -0.2) is 0 Å². The van der Waals surface area contributed by atoms with Gasteiger partial charge < -0.3 is 10.1 Å². The van der Waals surface area contributed by atoms with E-state index in [-0.39, 0.29) is 11.3 Å². The molecule has 5 nitrogen and oxygen atoms in total. The number of carbonyl (C=O) groups excluding carboxylic acids is 1. The first-order chi connectivity index (χ1) is 10.8. The van der Waals surface area contributed by atoms with Crippen LogP contribution in [0.1, 0.15) is 23.0 Å². The smallest absolute Gasteiger partial charge is 0.491 e. The first kappa shape index (κ1) is 16.9. The highest BCUT2D eigenvalue weighted by Gasteiger charge is 2.35. The molecule has 1 unspecified atom stereocenters. The molecule has 1 atom stereocenters. The summed E-state index contributed by atoms with van der Waals surface area (Å²) in [5, 5.41) is 5.58. The number of ether oxygens (including phenoxy) is 1. The third-order valence-electron chi connectivity index (χ3n) is 3.08. The third-order valence-corrected chi connectivity index (χ3v) is 3.08. The van der Waals surface area contributed by atoms with Crippen LogP contribution in [-0.2, 0) is 6.30 Å². The van der Waals surface area contributed by atoms with Gasteiger partial charge in [0.25, 0.3) is 5.91 Å². The van der Waals surface area contributed by atoms with Gasteiger partial charge in [-0.15, -0.1) is 13.2 Å². The maximum absolute atomic E-state index is 12.7. The van der Waals surface area contributed by atoms with Crippen molar-refractivity contribution >= 4 is 5.91 Å². The Morgan fingerprint density at radius 1 is 1.35 bits per heavy atom. The third kappa shape index (κ3) is 4.24. The fraction of sp³-hybridized carbons (Fsp3) is 0.333. The van der Waals surface area contributed by atoms with E-state index in [1.54, 1.807) is 13.0 Å². The van der Waals surface area contributed by atoms with Crippen LogP contribution in [0.15, 0.2) is 36.5 Å². The van der Waals surface area contributed by atoms with E-state index in [1.807, 2.05) is 25.1 Å². The van der Waals surface area contributed by atoms with Gasteiger partial charge in [-0.05, 0) is 31.5 Å². The van der Waals surface area contributed by atoms with E-state index in [0.717, 1.165) is 17.8 Å². The molecule has 124 valence electrons. The maximum atomic E-state index is 12.7. The Morgan fingerprint density at radius 3 is 2.70 bits per heavy atom. The van der Waals surface area contributed by atoms with Crippen LogP contribution >= 0.6 is 0 Å². The molecule has 0 aliphatic rings. The Hall–Kier alpha value is -2.51. The average molecular weight is 327 g/mol. The van der Waals surface area contributed by atoms with Crippen LogP contribution in [0.2, 0.25) is 0 Å². The number of nitrogens with zero attached hydrogens (tertiary/aromatic N) is 2. The Morgan fingerprint density at radius 2 is 2.04 bits per heavy atom. The largest absolute Gasteiger partial charge is 0.505 e. The monoisotopic (exact) mass is 327 g/mol. The summed E-state index contributed by atoms with van der Waals surface area (Å²) < 4.78 is 43.4. The summed E-state index contributed by atoms with van der Waals surface area (Å²) in [4.78, 5) is 11.9. The van der Waals surface area contributed by atoms with Crippen molar-refractivity contribution in [1.29, 1.82) is 0 Å². The lowest BCUT2D eigenvalue weighted by atomic mass is 10.2. The minimum Gasteiger partial charge on any atom is -0.491 e. The number of alkyl halides is 3. The normalized spacial score (nSPS) is 12.7. The lowest BCUT2D eigenvalue weighted by Gasteiger charge is -2.17. The fourth-order valence-electron chi connectivity index (χ4n) is 1.95. The predicted molar refractivity (Wildman–Crippen MR) is 77.1 cm³/mol. The topological polar surface area (TPSA) is 56.1 Å². The summed E-state index contributed by atoms with van der Waals surface area (Å²) in [5.74, 6) is -0.199. The van der Waals surface area contributed by atoms with E-state index >= 15 is 0 Å². The molecule has 1 amide bonds. The van der Waals surface area contributed by atoms with Gasteiger partial charge in [0.1, 0.15) is 18.1 Å². The van der Waals surface area contributed by atoms with Gasteiger partial charge in [-0.2, -0.15) is 9.78 Å². The summed E-state index contributed by atoms with van der Waals surface area (Å²) in [6, 6.07) is 7.87. The highest BCUT2D eigenvalue weighted by atomic mass is 19.4. The summed E-state index contributed by atoms with van der Waals surface area (Å²) in [5.41, 5.74) is 0.362. The molecule has 0 fully saturated rings. The second-order valence-corrected chi connectivity index (χ2v) is 5.05. The van der Waals surface area contributed by atoms with E-state index in [9.17, 15) is 18.0 Å². The molecule has 1 N–H and O–H groups in total. The Balaban J connectivity index is 1.96. The molecule has 23 heavy (non-hydrogen) atoms. The number of hydrogen-bond donors (Lipinski definition) is 1. The van der Waals surface area contributed by atoms with Crippen molar-refractivity contribution < 1.29 is 22.7 Å². The van der Waals surface area contributed by atoms with Gasteiger partial charge in [0.2, 0.25) is 0 Å². The van der Waals surface area contributed by atoms with Crippen molar-refractivity contribution in [1.82, 2.24) is 15.1 Å². The number of hydrogen-bond acceptors (Lipinski definition) is 3. The lowest BCUT2D eigenvalue weighted by molar-refractivity contribution is -0.213. The molecule has 0 radical (unpaired) electrons. The van der Waals surface area contributed by atoms with Crippen LogP contribution in [0, 0.1) is 6.92 Å². The molecular formula is C15H16F3N3O2. The van der Waals surface area contributed by atoms with Crippen LogP contribution in [0.4, 0.5) is 13.2 Å². The van der Waals surface area contributed by atoms with Crippen molar-refractivity contribution in [3.8, 4) is 5.75 Å². The van der Waals surface area contributed by atoms with Crippen LogP contribution in [0.5, 0.6) is 5.75 Å². The van der Waals surface area contributed by atoms with E-state index in [4.69, 9.17) is 4.74 Å². The Labute approximate surface area is 131 Å². The number of aryl methyl sites for hydroxylation is 1. The molecule has 2 rings (SSSR count). The minimum atomic E-state index is -4.74. The highest BCUT2D eigenvalue weighted by Crippen LogP contribution is 2.23. The van der Waals surface area contributed by atoms with Crippen LogP contribution in [-0.4, -0.2) is 28.3 Å². The zero-order valence-electron chi connectivity index (χ0n) is 12.6. The molecule has 1 aromatic carbocycles. The van der Waals surface area contributed by atoms with Gasteiger partial charge in [-0.1, -0.05) is 18.2 Å². The lowest BCUT2D eigenvalue weighted by Crippen LogP contribution is -2.39. The number of amides is 1. The van der Waals surface area contributed by atoms with Crippen LogP contribution < -0.4 is 10.1 Å². The van der Waals surface area contributed by atoms with Crippen molar-refractivity contribution in [2.24, 2.45) is 0 Å². The quantitative estimate of drug-likeness (QED) is 0.919. The molecule has 0 aliphatic carbocycles. The number of benzene rings is 1. The Kier molecular flexibility index (Phi) is 4.92. The van der Waals surface area contributed by atoms with Gasteiger partial charge in [0, 0.05) is 0 Å². The minimum absolute atomic E-state index is 0.136. The van der Waals surface area contributed by atoms with Gasteiger partial charge in [-0.3, -0.25) is 4.79 Å². The predicted octanol–water partition coefficient (Wildman–Crippen LogP) is 2.87. The summed E-state index contributed by atoms with van der Waals surface area (Å²) in [6.07, 6.45) is -3.81. The number of carbonyl (C=O) groups is 1. The SMILES string of the molecule is Cc1ccccc1OCC(C)NC(=O)c1ccnn1C(F)(F)F.